The van der Waals surface area contributed by atoms with Crippen molar-refractivity contribution in [1.82, 2.24) is 5.32 Å². The Morgan fingerprint density at radius 1 is 1.65 bits per heavy atom. The van der Waals surface area contributed by atoms with Gasteiger partial charge in [0.2, 0.25) is 0 Å². The molecule has 2 atom stereocenters. The largest absolute Gasteiger partial charge is 0.389 e. The van der Waals surface area contributed by atoms with Crippen molar-refractivity contribution >= 4 is 0 Å². The first-order valence-electron chi connectivity index (χ1n) is 6.14. The van der Waals surface area contributed by atoms with Crippen molar-refractivity contribution in [3.63, 3.8) is 0 Å². The van der Waals surface area contributed by atoms with Crippen LogP contribution in [0.2, 0.25) is 0 Å². The fourth-order valence-electron chi connectivity index (χ4n) is 1.59. The van der Waals surface area contributed by atoms with Gasteiger partial charge < -0.3 is 14.6 Å². The van der Waals surface area contributed by atoms with Crippen molar-refractivity contribution < 1.29 is 14.6 Å². The van der Waals surface area contributed by atoms with Gasteiger partial charge in [-0.25, -0.2) is 0 Å². The maximum absolute atomic E-state index is 9.69. The average molecular weight is 241 g/mol. The number of nitrogens with one attached hydrogen (secondary N) is 1. The van der Waals surface area contributed by atoms with Gasteiger partial charge in [-0.1, -0.05) is 5.92 Å². The van der Waals surface area contributed by atoms with Gasteiger partial charge in [0, 0.05) is 13.2 Å². The lowest BCUT2D eigenvalue weighted by Crippen LogP contribution is -2.43. The highest BCUT2D eigenvalue weighted by atomic mass is 16.5. The number of hydrogen-bond donors (Lipinski definition) is 2. The van der Waals surface area contributed by atoms with Gasteiger partial charge in [0.25, 0.3) is 0 Å². The van der Waals surface area contributed by atoms with E-state index in [0.29, 0.717) is 19.8 Å². The van der Waals surface area contributed by atoms with E-state index in [2.05, 4.69) is 11.2 Å². The van der Waals surface area contributed by atoms with Gasteiger partial charge in [-0.2, -0.15) is 0 Å². The number of ether oxygens (including phenoxy) is 2. The molecule has 1 aliphatic heterocycles. The maximum Gasteiger partial charge on any atom is 0.0898 e. The molecule has 1 fully saturated rings. The van der Waals surface area contributed by atoms with Gasteiger partial charge in [0.15, 0.2) is 0 Å². The van der Waals surface area contributed by atoms with E-state index >= 15 is 0 Å². The predicted molar refractivity (Wildman–Crippen MR) is 66.7 cm³/mol. The van der Waals surface area contributed by atoms with Crippen LogP contribution in [0, 0.1) is 12.3 Å². The van der Waals surface area contributed by atoms with E-state index in [0.717, 1.165) is 19.4 Å². The van der Waals surface area contributed by atoms with E-state index in [-0.39, 0.29) is 6.10 Å². The summed E-state index contributed by atoms with van der Waals surface area (Å²) < 4.78 is 10.8. The summed E-state index contributed by atoms with van der Waals surface area (Å²) in [6.45, 7) is 5.93. The molecule has 2 N–H and O–H groups in total. The number of β-amino-alcohol motifs (C(OH)–C–C–N with tert-alkyl or cyclic N) is 1. The summed E-state index contributed by atoms with van der Waals surface area (Å²) in [7, 11) is 0. The van der Waals surface area contributed by atoms with Gasteiger partial charge in [0.1, 0.15) is 0 Å². The quantitative estimate of drug-likeness (QED) is 0.639. The molecule has 1 heterocycles. The molecule has 4 nitrogen and oxygen atoms in total. The smallest absolute Gasteiger partial charge is 0.0898 e. The highest BCUT2D eigenvalue weighted by molar-refractivity contribution is 5.07. The van der Waals surface area contributed by atoms with Crippen molar-refractivity contribution in [3.05, 3.63) is 0 Å². The second kappa shape index (κ2) is 6.97. The van der Waals surface area contributed by atoms with Crippen LogP contribution in [-0.2, 0) is 9.47 Å². The normalized spacial score (nSPS) is 22.4. The molecular formula is C13H23NO3. The Labute approximate surface area is 104 Å². The summed E-state index contributed by atoms with van der Waals surface area (Å²) >= 11 is 0. The molecule has 1 aliphatic rings. The highest BCUT2D eigenvalue weighted by Gasteiger charge is 2.17. The minimum atomic E-state index is -0.538. The first-order chi connectivity index (χ1) is 8.03. The van der Waals surface area contributed by atoms with Crippen molar-refractivity contribution in [1.29, 1.82) is 0 Å². The molecule has 0 aromatic rings. The monoisotopic (exact) mass is 241 g/mol. The summed E-state index contributed by atoms with van der Waals surface area (Å²) in [5, 5.41) is 12.8. The van der Waals surface area contributed by atoms with Gasteiger partial charge >= 0.3 is 0 Å². The summed E-state index contributed by atoms with van der Waals surface area (Å²) in [6.07, 6.45) is 7.16. The van der Waals surface area contributed by atoms with Gasteiger partial charge in [-0.15, -0.1) is 6.42 Å². The molecule has 0 radical (unpaired) electrons. The van der Waals surface area contributed by atoms with Crippen LogP contribution in [0.15, 0.2) is 0 Å². The molecule has 0 aliphatic carbocycles. The third-order valence-electron chi connectivity index (χ3n) is 2.78. The summed E-state index contributed by atoms with van der Waals surface area (Å²) in [5.41, 5.74) is -0.393. The molecule has 0 aromatic carbocycles. The zero-order chi connectivity index (χ0) is 12.7. The SMILES string of the molecule is C#CC(C)(C)NCC(O)COCC1CCCO1. The second-order valence-electron chi connectivity index (χ2n) is 4.98. The van der Waals surface area contributed by atoms with Gasteiger partial charge in [0.05, 0.1) is 31.0 Å². The molecule has 0 bridgehead atoms. The lowest BCUT2D eigenvalue weighted by Gasteiger charge is -2.22. The third-order valence-corrected chi connectivity index (χ3v) is 2.78. The zero-order valence-electron chi connectivity index (χ0n) is 10.7. The Morgan fingerprint density at radius 2 is 2.41 bits per heavy atom. The van der Waals surface area contributed by atoms with Crippen LogP contribution in [0.3, 0.4) is 0 Å². The summed E-state index contributed by atoms with van der Waals surface area (Å²) in [4.78, 5) is 0. The molecule has 0 spiro atoms. The van der Waals surface area contributed by atoms with E-state index in [1.54, 1.807) is 0 Å². The van der Waals surface area contributed by atoms with E-state index in [1.807, 2.05) is 13.8 Å². The molecule has 2 unspecified atom stereocenters. The molecule has 0 amide bonds. The minimum Gasteiger partial charge on any atom is -0.389 e. The van der Waals surface area contributed by atoms with E-state index in [1.165, 1.54) is 0 Å². The predicted octanol–water partition coefficient (Wildman–Crippen LogP) is 0.544. The van der Waals surface area contributed by atoms with Crippen molar-refractivity contribution in [2.24, 2.45) is 0 Å². The molecule has 4 heteroatoms. The summed E-state index contributed by atoms with van der Waals surface area (Å²) in [5.74, 6) is 2.61. The number of terminal acetylenes is 1. The van der Waals surface area contributed by atoms with Crippen LogP contribution in [0.1, 0.15) is 26.7 Å². The maximum atomic E-state index is 9.69. The Hall–Kier alpha value is -0.600. The molecular weight excluding hydrogens is 218 g/mol. The lowest BCUT2D eigenvalue weighted by atomic mass is 10.1. The molecule has 0 aromatic heterocycles. The standard InChI is InChI=1S/C13H23NO3/c1-4-13(2,3)14-8-11(15)9-16-10-12-6-5-7-17-12/h1,11-12,14-15H,5-10H2,2-3H3. The average Bonchev–Trinajstić information content (AvgIpc) is 2.80. The van der Waals surface area contributed by atoms with Crippen LogP contribution >= 0.6 is 0 Å². The zero-order valence-corrected chi connectivity index (χ0v) is 10.7. The first kappa shape index (κ1) is 14.5. The Morgan fingerprint density at radius 3 is 3.00 bits per heavy atom. The van der Waals surface area contributed by atoms with Crippen molar-refractivity contribution in [2.45, 2.75) is 44.4 Å². The topological polar surface area (TPSA) is 50.7 Å². The Balaban J connectivity index is 2.05. The summed E-state index contributed by atoms with van der Waals surface area (Å²) in [6, 6.07) is 0. The third kappa shape index (κ3) is 6.04. The van der Waals surface area contributed by atoms with Gasteiger partial charge in [-0.3, -0.25) is 5.32 Å². The molecule has 98 valence electrons. The first-order valence-corrected chi connectivity index (χ1v) is 6.14. The minimum absolute atomic E-state index is 0.206. The molecule has 1 rings (SSSR count). The fraction of sp³-hybridized carbons (Fsp3) is 0.846. The van der Waals surface area contributed by atoms with E-state index < -0.39 is 11.6 Å². The highest BCUT2D eigenvalue weighted by Crippen LogP contribution is 2.11. The van der Waals surface area contributed by atoms with Crippen LogP contribution in [0.5, 0.6) is 0 Å². The van der Waals surface area contributed by atoms with E-state index in [4.69, 9.17) is 15.9 Å². The Kier molecular flexibility index (Phi) is 5.93. The second-order valence-corrected chi connectivity index (χ2v) is 4.98. The number of aliphatic hydroxyl groups is 1. The fourth-order valence-corrected chi connectivity index (χ4v) is 1.59. The number of aliphatic hydroxyl groups excluding tert-OH is 1. The van der Waals surface area contributed by atoms with E-state index in [9.17, 15) is 5.11 Å². The van der Waals surface area contributed by atoms with Crippen molar-refractivity contribution in [2.75, 3.05) is 26.4 Å². The lowest BCUT2D eigenvalue weighted by molar-refractivity contribution is -0.0172. The van der Waals surface area contributed by atoms with Crippen LogP contribution in [0.25, 0.3) is 0 Å². The number of hydrogen-bond acceptors (Lipinski definition) is 4. The van der Waals surface area contributed by atoms with Gasteiger partial charge in [-0.05, 0) is 26.7 Å². The molecule has 17 heavy (non-hydrogen) atoms. The van der Waals surface area contributed by atoms with Crippen LogP contribution < -0.4 is 5.32 Å². The van der Waals surface area contributed by atoms with Crippen LogP contribution in [0.4, 0.5) is 0 Å². The molecule has 0 saturated carbocycles. The molecule has 1 saturated heterocycles. The number of rotatable bonds is 7. The van der Waals surface area contributed by atoms with Crippen molar-refractivity contribution in [3.8, 4) is 12.3 Å². The van der Waals surface area contributed by atoms with Crippen LogP contribution in [-0.4, -0.2) is 49.2 Å². The Bertz CT molecular complexity index is 254.